The van der Waals surface area contributed by atoms with E-state index in [2.05, 4.69) is 48.9 Å². The minimum atomic E-state index is -7.66. The third-order valence-corrected chi connectivity index (χ3v) is 14.4. The summed E-state index contributed by atoms with van der Waals surface area (Å²) in [7, 11) is 0. The number of hydrogen-bond acceptors (Lipinski definition) is 12. The van der Waals surface area contributed by atoms with Crippen LogP contribution in [0.1, 0.15) is 80.1 Å². The molecular formula is C46H44F36N8O4. The maximum Gasteiger partial charge on any atom is 0.460 e. The number of halogens is 36. The zero-order chi connectivity index (χ0) is 73.3. The Hall–Kier alpha value is -5.70. The molecule has 0 aromatic carbocycles. The van der Waals surface area contributed by atoms with Crippen LogP contribution in [0.4, 0.5) is 170 Å². The molecule has 12 nitrogen and oxygen atoms in total. The number of aromatic nitrogens is 6. The molecule has 94 heavy (non-hydrogen) atoms. The van der Waals surface area contributed by atoms with Crippen molar-refractivity contribution in [3.05, 3.63) is 0 Å². The second kappa shape index (κ2) is 23.5. The van der Waals surface area contributed by atoms with E-state index >= 15 is 0 Å². The molecule has 0 saturated heterocycles. The number of nitrogens with zero attached hydrogens (tertiary/aromatic N) is 8. The monoisotopic (exact) mass is 1460 g/mol. The predicted molar refractivity (Wildman–Crippen MR) is 239 cm³/mol. The van der Waals surface area contributed by atoms with Crippen LogP contribution in [0.3, 0.4) is 0 Å². The smallest absolute Gasteiger partial charge is 0.457 e. The Morgan fingerprint density at radius 3 is 0.670 bits per heavy atom. The number of hydrogen-bond donors (Lipinski definition) is 0. The first-order valence-electron chi connectivity index (χ1n) is 25.7. The Bertz CT molecular complexity index is 2660. The average Bonchev–Trinajstić information content (AvgIpc) is 0.702. The highest BCUT2D eigenvalue weighted by Crippen LogP contribution is 2.64. The van der Waals surface area contributed by atoms with E-state index in [0.29, 0.717) is 0 Å². The molecule has 2 aromatic heterocycles. The van der Waals surface area contributed by atoms with Crippen molar-refractivity contribution in [3.8, 4) is 24.0 Å². The number of anilines is 2. The highest BCUT2D eigenvalue weighted by atomic mass is 19.5. The number of rotatable bonds is 26. The van der Waals surface area contributed by atoms with Crippen LogP contribution in [-0.4, -0.2) is 176 Å². The lowest BCUT2D eigenvalue weighted by Crippen LogP contribution is -2.71. The van der Waals surface area contributed by atoms with Gasteiger partial charge < -0.3 is 28.7 Å². The fourth-order valence-electron chi connectivity index (χ4n) is 10.4. The maximum absolute atomic E-state index is 14.9. The Labute approximate surface area is 501 Å². The molecule has 0 N–H and O–H groups in total. The Morgan fingerprint density at radius 1 is 0.309 bits per heavy atom. The third kappa shape index (κ3) is 14.2. The predicted octanol–water partition coefficient (Wildman–Crippen LogP) is 15.9. The van der Waals surface area contributed by atoms with E-state index in [1.165, 1.54) is 41.5 Å². The second-order valence-electron chi connectivity index (χ2n) is 24.7. The van der Waals surface area contributed by atoms with Crippen LogP contribution < -0.4 is 28.7 Å². The first-order chi connectivity index (χ1) is 41.3. The van der Waals surface area contributed by atoms with Crippen molar-refractivity contribution in [2.24, 2.45) is 22.7 Å². The highest BCUT2D eigenvalue weighted by Gasteiger charge is 2.85. The van der Waals surface area contributed by atoms with Gasteiger partial charge in [-0.15, -0.1) is 9.97 Å². The van der Waals surface area contributed by atoms with Crippen LogP contribution >= 0.6 is 0 Å². The Kier molecular flexibility index (Phi) is 19.8. The van der Waals surface area contributed by atoms with Crippen molar-refractivity contribution in [3.63, 3.8) is 0 Å². The van der Waals surface area contributed by atoms with Crippen molar-refractivity contribution in [1.82, 2.24) is 29.9 Å². The molecule has 0 atom stereocenters. The molecule has 6 rings (SSSR count). The van der Waals surface area contributed by atoms with Gasteiger partial charge in [-0.1, -0.05) is 41.5 Å². The van der Waals surface area contributed by atoms with Gasteiger partial charge in [0.05, 0.1) is 0 Å². The van der Waals surface area contributed by atoms with Crippen molar-refractivity contribution >= 4 is 11.9 Å². The van der Waals surface area contributed by atoms with Crippen LogP contribution in [0.5, 0.6) is 24.0 Å². The van der Waals surface area contributed by atoms with Crippen molar-refractivity contribution in [1.29, 1.82) is 0 Å². The standard InChI is InChI=1S/C46H44F36N8O4/c1-27(2,3)13-89(21-83-23(91-15-31(47,48)35(55,56)39(63,64)43(71,72)73)87-24(84-21)92-16-32(49,50)36(57,58)40(65,66)44(74,75)76)29-8-19-7-20(9-29)11-30(10-19,12-29)90(14-28(4,5)6)22-85-25(93-17-33(51,52)37(59,60)41(67,68)45(77,78)79)88-26(86-22)94-18-34(53,54)38(61,62)42(69,70)46(80,81)82/h19-20H,7-18H2,1-6H3. The van der Waals surface area contributed by atoms with E-state index in [9.17, 15) is 158 Å². The largest absolute Gasteiger partial charge is 0.460 e. The molecule has 4 fully saturated rings. The zero-order valence-corrected chi connectivity index (χ0v) is 47.5. The van der Waals surface area contributed by atoms with Gasteiger partial charge in [0.25, 0.3) is 0 Å². The summed E-state index contributed by atoms with van der Waals surface area (Å²) in [5.74, 6) is -92.6. The lowest BCUT2D eigenvalue weighted by Gasteiger charge is -2.67. The van der Waals surface area contributed by atoms with E-state index in [0.717, 1.165) is 9.80 Å². The average molecular weight is 1460 g/mol. The lowest BCUT2D eigenvalue weighted by atomic mass is 9.48. The van der Waals surface area contributed by atoms with Gasteiger partial charge in [-0.05, 0) is 61.2 Å². The topological polar surface area (TPSA) is 121 Å². The Morgan fingerprint density at radius 2 is 0.500 bits per heavy atom. The fourth-order valence-corrected chi connectivity index (χ4v) is 10.4. The summed E-state index contributed by atoms with van der Waals surface area (Å²) in [6.45, 7) is -7.75. The van der Waals surface area contributed by atoms with Crippen molar-refractivity contribution in [2.45, 2.75) is 187 Å². The first-order valence-corrected chi connectivity index (χ1v) is 25.7. The van der Waals surface area contributed by atoms with Gasteiger partial charge in [-0.2, -0.15) is 178 Å². The summed E-state index contributed by atoms with van der Waals surface area (Å²) in [6, 6.07) is -8.74. The van der Waals surface area contributed by atoms with Gasteiger partial charge in [0.1, 0.15) is 0 Å². The summed E-state index contributed by atoms with van der Waals surface area (Å²) in [5, 5.41) is 0. The van der Waals surface area contributed by atoms with Crippen LogP contribution in [0, 0.1) is 22.7 Å². The molecule has 0 radical (unpaired) electrons. The molecule has 4 aliphatic rings. The minimum absolute atomic E-state index is 0.00544. The van der Waals surface area contributed by atoms with Gasteiger partial charge in [0.2, 0.25) is 11.9 Å². The summed E-state index contributed by atoms with van der Waals surface area (Å²) in [4.78, 5) is 21.3. The summed E-state index contributed by atoms with van der Waals surface area (Å²) in [5.41, 5.74) is -6.85. The fraction of sp³-hybridized carbons (Fsp3) is 0.870. The van der Waals surface area contributed by atoms with Gasteiger partial charge in [-0.25, -0.2) is 0 Å². The first kappa shape index (κ1) is 79.0. The molecule has 544 valence electrons. The SMILES string of the molecule is CC(C)(C)CN(c1nc(OCC(F)(F)C(F)(F)C(F)(F)C(F)(F)F)nc(OCC(F)(F)C(F)(F)C(F)(F)C(F)(F)F)n1)C12CC3CC(C1)CC(N(CC(C)(C)C)c1nc(OCC(F)(F)C(F)(F)C(F)(F)C(F)(F)F)nc(OCC(F)(F)C(F)(F)C(F)(F)C(F)(F)F)n1)(C3)C2. The Balaban J connectivity index is 1.77. The normalized spacial score (nSPS) is 21.6. The second-order valence-corrected chi connectivity index (χ2v) is 24.7. The van der Waals surface area contributed by atoms with Gasteiger partial charge in [0, 0.05) is 24.2 Å². The molecule has 0 spiro atoms. The van der Waals surface area contributed by atoms with E-state index in [1.54, 1.807) is 0 Å². The maximum atomic E-state index is 14.9. The van der Waals surface area contributed by atoms with Crippen molar-refractivity contribution < 1.29 is 177 Å². The lowest BCUT2D eigenvalue weighted by molar-refractivity contribution is -0.398. The summed E-state index contributed by atoms with van der Waals surface area (Å²) < 4.78 is 519. The third-order valence-electron chi connectivity index (χ3n) is 14.4. The summed E-state index contributed by atoms with van der Waals surface area (Å²) >= 11 is 0. The molecule has 2 aromatic rings. The van der Waals surface area contributed by atoms with E-state index in [4.69, 9.17) is 0 Å². The van der Waals surface area contributed by atoms with Gasteiger partial charge >= 0.3 is 120 Å². The van der Waals surface area contributed by atoms with Crippen LogP contribution in [-0.2, 0) is 0 Å². The molecule has 0 aliphatic heterocycles. The van der Waals surface area contributed by atoms with E-state index in [-0.39, 0.29) is 32.1 Å². The highest BCUT2D eigenvalue weighted by molar-refractivity contribution is 5.46. The van der Waals surface area contributed by atoms with E-state index in [1.807, 2.05) is 0 Å². The van der Waals surface area contributed by atoms with Crippen molar-refractivity contribution in [2.75, 3.05) is 49.3 Å². The number of alkyl halides is 36. The molecule has 0 unspecified atom stereocenters. The molecule has 4 aliphatic carbocycles. The van der Waals surface area contributed by atoms with Crippen LogP contribution in [0.25, 0.3) is 0 Å². The summed E-state index contributed by atoms with van der Waals surface area (Å²) in [6.07, 6.45) is -32.3. The molecule has 0 amide bonds. The molecule has 4 saturated carbocycles. The molecular weight excluding hydrogens is 1410 g/mol. The minimum Gasteiger partial charge on any atom is -0.457 e. The van der Waals surface area contributed by atoms with Crippen LogP contribution in [0.2, 0.25) is 0 Å². The zero-order valence-electron chi connectivity index (χ0n) is 47.5. The van der Waals surface area contributed by atoms with Gasteiger partial charge in [0.15, 0.2) is 26.4 Å². The van der Waals surface area contributed by atoms with Gasteiger partial charge in [-0.3, -0.25) is 0 Å². The van der Waals surface area contributed by atoms with Crippen LogP contribution in [0.15, 0.2) is 0 Å². The van der Waals surface area contributed by atoms with E-state index < -0.39 is 211 Å². The quantitative estimate of drug-likeness (QED) is 0.0834. The molecule has 48 heteroatoms. The molecule has 2 heterocycles. The molecule has 4 bridgehead atoms. The number of ether oxygens (including phenoxy) is 4.